The summed E-state index contributed by atoms with van der Waals surface area (Å²) in [7, 11) is 1.42. The second-order valence-electron chi connectivity index (χ2n) is 2.58. The van der Waals surface area contributed by atoms with E-state index >= 15 is 0 Å². The first-order valence-electron chi connectivity index (χ1n) is 3.50. The van der Waals surface area contributed by atoms with Gasteiger partial charge in [-0.2, -0.15) is 5.10 Å². The number of carbonyl (C=O) groups is 1. The zero-order chi connectivity index (χ0) is 10.2. The van der Waals surface area contributed by atoms with Gasteiger partial charge in [0.2, 0.25) is 0 Å². The van der Waals surface area contributed by atoms with Gasteiger partial charge in [-0.05, 0) is 6.92 Å². The van der Waals surface area contributed by atoms with Gasteiger partial charge in [-0.25, -0.2) is 13.6 Å². The highest BCUT2D eigenvalue weighted by atomic mass is 19.3. The predicted octanol–water partition coefficient (Wildman–Crippen LogP) is 1.36. The van der Waals surface area contributed by atoms with Gasteiger partial charge in [0.25, 0.3) is 6.43 Å². The minimum Gasteiger partial charge on any atom is -0.478 e. The molecule has 0 atom stereocenters. The highest BCUT2D eigenvalue weighted by molar-refractivity contribution is 5.90. The van der Waals surface area contributed by atoms with E-state index in [0.717, 1.165) is 4.68 Å². The molecule has 13 heavy (non-hydrogen) atoms. The molecule has 0 aliphatic rings. The third-order valence-corrected chi connectivity index (χ3v) is 1.78. The van der Waals surface area contributed by atoms with Crippen molar-refractivity contribution >= 4 is 5.97 Å². The van der Waals surface area contributed by atoms with E-state index in [1.165, 1.54) is 14.0 Å². The number of aryl methyl sites for hydroxylation is 1. The fourth-order valence-corrected chi connectivity index (χ4v) is 1.05. The van der Waals surface area contributed by atoms with Crippen LogP contribution in [0.2, 0.25) is 0 Å². The van der Waals surface area contributed by atoms with E-state index in [1.807, 2.05) is 0 Å². The monoisotopic (exact) mass is 190 g/mol. The topological polar surface area (TPSA) is 55.1 Å². The maximum Gasteiger partial charge on any atom is 0.339 e. The van der Waals surface area contributed by atoms with Crippen molar-refractivity contribution in [1.29, 1.82) is 0 Å². The number of aromatic nitrogens is 2. The van der Waals surface area contributed by atoms with Crippen molar-refractivity contribution in [1.82, 2.24) is 9.78 Å². The van der Waals surface area contributed by atoms with Crippen LogP contribution in [-0.2, 0) is 7.05 Å². The molecule has 0 saturated carbocycles. The molecule has 0 saturated heterocycles. The number of rotatable bonds is 2. The molecule has 0 fully saturated rings. The van der Waals surface area contributed by atoms with Crippen LogP contribution in [0, 0.1) is 6.92 Å². The van der Waals surface area contributed by atoms with Gasteiger partial charge in [-0.15, -0.1) is 0 Å². The molecule has 0 aliphatic carbocycles. The van der Waals surface area contributed by atoms with Gasteiger partial charge in [0.1, 0.15) is 11.3 Å². The molecule has 1 aromatic heterocycles. The van der Waals surface area contributed by atoms with Crippen molar-refractivity contribution in [3.63, 3.8) is 0 Å². The number of alkyl halides is 2. The van der Waals surface area contributed by atoms with E-state index in [4.69, 9.17) is 5.11 Å². The number of nitrogens with zero attached hydrogens (tertiary/aromatic N) is 2. The minimum atomic E-state index is -2.86. The summed E-state index contributed by atoms with van der Waals surface area (Å²) in [6.45, 7) is 1.43. The lowest BCUT2D eigenvalue weighted by Crippen LogP contribution is -2.02. The second-order valence-corrected chi connectivity index (χ2v) is 2.58. The highest BCUT2D eigenvalue weighted by Crippen LogP contribution is 2.23. The number of hydrogen-bond donors (Lipinski definition) is 1. The first kappa shape index (κ1) is 9.63. The lowest BCUT2D eigenvalue weighted by atomic mass is 10.2. The molecule has 1 rings (SSSR count). The Kier molecular flexibility index (Phi) is 2.31. The van der Waals surface area contributed by atoms with Crippen LogP contribution < -0.4 is 0 Å². The van der Waals surface area contributed by atoms with Gasteiger partial charge < -0.3 is 5.11 Å². The first-order chi connectivity index (χ1) is 5.95. The SMILES string of the molecule is Cc1c(C(=O)O)c(C(F)F)nn1C. The van der Waals surface area contributed by atoms with E-state index in [-0.39, 0.29) is 5.69 Å². The van der Waals surface area contributed by atoms with Crippen molar-refractivity contribution < 1.29 is 18.7 Å². The summed E-state index contributed by atoms with van der Waals surface area (Å²) in [5.41, 5.74) is -0.854. The quantitative estimate of drug-likeness (QED) is 0.766. The molecule has 0 spiro atoms. The van der Waals surface area contributed by atoms with Gasteiger partial charge in [0.15, 0.2) is 0 Å². The van der Waals surface area contributed by atoms with Crippen molar-refractivity contribution in [2.75, 3.05) is 0 Å². The largest absolute Gasteiger partial charge is 0.478 e. The van der Waals surface area contributed by atoms with Gasteiger partial charge in [-0.1, -0.05) is 0 Å². The molecule has 1 N–H and O–H groups in total. The zero-order valence-electron chi connectivity index (χ0n) is 7.08. The van der Waals surface area contributed by atoms with E-state index in [1.54, 1.807) is 0 Å². The molecule has 72 valence electrons. The van der Waals surface area contributed by atoms with Gasteiger partial charge in [0.05, 0.1) is 5.69 Å². The lowest BCUT2D eigenvalue weighted by Gasteiger charge is -1.95. The third-order valence-electron chi connectivity index (χ3n) is 1.78. The van der Waals surface area contributed by atoms with E-state index in [0.29, 0.717) is 0 Å². The van der Waals surface area contributed by atoms with E-state index in [9.17, 15) is 13.6 Å². The molecule has 6 heteroatoms. The second kappa shape index (κ2) is 3.12. The average molecular weight is 190 g/mol. The van der Waals surface area contributed by atoms with Crippen LogP contribution in [0.4, 0.5) is 8.78 Å². The Bertz CT molecular complexity index is 347. The molecule has 0 radical (unpaired) electrons. The molecule has 4 nitrogen and oxygen atoms in total. The first-order valence-corrected chi connectivity index (χ1v) is 3.50. The normalized spacial score (nSPS) is 10.8. The molecule has 1 heterocycles. The minimum absolute atomic E-state index is 0.225. The van der Waals surface area contributed by atoms with E-state index < -0.39 is 23.7 Å². The van der Waals surface area contributed by atoms with E-state index in [2.05, 4.69) is 5.10 Å². The zero-order valence-corrected chi connectivity index (χ0v) is 7.08. The Morgan fingerprint density at radius 2 is 2.15 bits per heavy atom. The fourth-order valence-electron chi connectivity index (χ4n) is 1.05. The summed E-state index contributed by atoms with van der Waals surface area (Å²) in [5.74, 6) is -1.37. The standard InChI is InChI=1S/C7H8F2N2O2/c1-3-4(7(12)13)5(6(8)9)10-11(3)2/h6H,1-2H3,(H,12,13). The van der Waals surface area contributed by atoms with Gasteiger partial charge >= 0.3 is 5.97 Å². The molecule has 0 aromatic carbocycles. The molecular weight excluding hydrogens is 182 g/mol. The average Bonchev–Trinajstić information content (AvgIpc) is 2.28. The van der Waals surface area contributed by atoms with Crippen LogP contribution in [0.1, 0.15) is 28.2 Å². The number of halogens is 2. The summed E-state index contributed by atoms with van der Waals surface area (Å²) >= 11 is 0. The molecule has 0 unspecified atom stereocenters. The van der Waals surface area contributed by atoms with Crippen molar-refractivity contribution in [2.45, 2.75) is 13.3 Å². The fraction of sp³-hybridized carbons (Fsp3) is 0.429. The summed E-state index contributed by atoms with van der Waals surface area (Å²) < 4.78 is 25.6. The summed E-state index contributed by atoms with van der Waals surface area (Å²) in [5, 5.41) is 12.0. The van der Waals surface area contributed by atoms with Crippen LogP contribution >= 0.6 is 0 Å². The third kappa shape index (κ3) is 1.51. The Balaban J connectivity index is 3.35. The molecule has 0 bridgehead atoms. The Hall–Kier alpha value is -1.46. The van der Waals surface area contributed by atoms with Crippen molar-refractivity contribution in [2.24, 2.45) is 7.05 Å². The molecule has 1 aromatic rings. The van der Waals surface area contributed by atoms with Crippen LogP contribution in [0.3, 0.4) is 0 Å². The predicted molar refractivity (Wildman–Crippen MR) is 39.9 cm³/mol. The Labute approximate surface area is 72.8 Å². The summed E-state index contributed by atoms with van der Waals surface area (Å²) in [4.78, 5) is 10.6. The van der Waals surface area contributed by atoms with Gasteiger partial charge in [0, 0.05) is 7.05 Å². The number of carboxylic acids is 1. The molecular formula is C7H8F2N2O2. The number of carboxylic acid groups (broad SMARTS) is 1. The van der Waals surface area contributed by atoms with Crippen LogP contribution in [0.5, 0.6) is 0 Å². The Morgan fingerprint density at radius 1 is 1.62 bits per heavy atom. The highest BCUT2D eigenvalue weighted by Gasteiger charge is 2.25. The van der Waals surface area contributed by atoms with Crippen LogP contribution in [0.15, 0.2) is 0 Å². The van der Waals surface area contributed by atoms with Crippen molar-refractivity contribution in [3.8, 4) is 0 Å². The summed E-state index contributed by atoms with van der Waals surface area (Å²) in [6.07, 6.45) is -2.86. The summed E-state index contributed by atoms with van der Waals surface area (Å²) in [6, 6.07) is 0. The molecule has 0 amide bonds. The van der Waals surface area contributed by atoms with Crippen LogP contribution in [-0.4, -0.2) is 20.9 Å². The Morgan fingerprint density at radius 3 is 2.46 bits per heavy atom. The number of hydrogen-bond acceptors (Lipinski definition) is 2. The maximum atomic E-state index is 12.2. The number of aromatic carboxylic acids is 1. The lowest BCUT2D eigenvalue weighted by molar-refractivity contribution is 0.0683. The van der Waals surface area contributed by atoms with Crippen LogP contribution in [0.25, 0.3) is 0 Å². The molecule has 0 aliphatic heterocycles. The smallest absolute Gasteiger partial charge is 0.339 e. The van der Waals surface area contributed by atoms with Gasteiger partial charge in [-0.3, -0.25) is 4.68 Å². The maximum absolute atomic E-state index is 12.2. The van der Waals surface area contributed by atoms with Crippen molar-refractivity contribution in [3.05, 3.63) is 17.0 Å².